The molecule has 0 bridgehead atoms. The van der Waals surface area contributed by atoms with E-state index in [1.165, 1.54) is 0 Å². The lowest BCUT2D eigenvalue weighted by Gasteiger charge is -2.32. The molecule has 2 aromatic rings. The van der Waals surface area contributed by atoms with Crippen LogP contribution in [0.3, 0.4) is 0 Å². The van der Waals surface area contributed by atoms with Crippen LogP contribution in [-0.2, 0) is 5.54 Å². The molecular formula is C16H13BrN2O2. The largest absolute Gasteiger partial charge is 0.444 e. The van der Waals surface area contributed by atoms with E-state index in [1.54, 1.807) is 17.0 Å². The second-order valence-electron chi connectivity index (χ2n) is 5.00. The van der Waals surface area contributed by atoms with Crippen molar-refractivity contribution in [2.24, 2.45) is 0 Å². The number of nitriles is 1. The van der Waals surface area contributed by atoms with E-state index < -0.39 is 5.54 Å². The molecular weight excluding hydrogens is 332 g/mol. The van der Waals surface area contributed by atoms with Crippen LogP contribution in [0.15, 0.2) is 51.6 Å². The van der Waals surface area contributed by atoms with Gasteiger partial charge in [0.1, 0.15) is 0 Å². The van der Waals surface area contributed by atoms with Gasteiger partial charge in [0.15, 0.2) is 16.0 Å². The average molecular weight is 345 g/mol. The Hall–Kier alpha value is -2.06. The molecule has 0 unspecified atom stereocenters. The molecule has 0 radical (unpaired) electrons. The van der Waals surface area contributed by atoms with Gasteiger partial charge in [0.25, 0.3) is 5.91 Å². The van der Waals surface area contributed by atoms with E-state index in [-0.39, 0.29) is 11.7 Å². The lowest BCUT2D eigenvalue weighted by Crippen LogP contribution is -2.44. The maximum atomic E-state index is 12.7. The zero-order valence-corrected chi connectivity index (χ0v) is 12.8. The Morgan fingerprint density at radius 1 is 1.29 bits per heavy atom. The van der Waals surface area contributed by atoms with Crippen molar-refractivity contribution < 1.29 is 9.21 Å². The molecule has 1 aliphatic rings. The van der Waals surface area contributed by atoms with Crippen molar-refractivity contribution in [1.29, 1.82) is 5.26 Å². The van der Waals surface area contributed by atoms with E-state index in [1.807, 2.05) is 30.3 Å². The van der Waals surface area contributed by atoms with Crippen molar-refractivity contribution in [3.05, 3.63) is 58.5 Å². The SMILES string of the molecule is N#C[C@@]1(c2ccccc2)CCCN1C(=O)c1ccc(Br)o1. The Bertz CT molecular complexity index is 705. The van der Waals surface area contributed by atoms with Crippen LogP contribution >= 0.6 is 15.9 Å². The summed E-state index contributed by atoms with van der Waals surface area (Å²) in [5, 5.41) is 9.76. The van der Waals surface area contributed by atoms with Crippen LogP contribution in [0, 0.1) is 11.3 Å². The van der Waals surface area contributed by atoms with E-state index in [0.717, 1.165) is 12.0 Å². The third-order valence-electron chi connectivity index (χ3n) is 3.85. The maximum Gasteiger partial charge on any atom is 0.291 e. The first-order valence-electron chi connectivity index (χ1n) is 6.71. The third-order valence-corrected chi connectivity index (χ3v) is 4.27. The van der Waals surface area contributed by atoms with Crippen molar-refractivity contribution >= 4 is 21.8 Å². The minimum atomic E-state index is -0.905. The standard InChI is InChI=1S/C16H13BrN2O2/c17-14-8-7-13(21-14)15(20)19-10-4-9-16(19,11-18)12-5-2-1-3-6-12/h1-3,5-8H,4,9-10H2/t16-/m1/s1. The fraction of sp³-hybridized carbons (Fsp3) is 0.250. The van der Waals surface area contributed by atoms with E-state index in [2.05, 4.69) is 22.0 Å². The smallest absolute Gasteiger partial charge is 0.291 e. The highest BCUT2D eigenvalue weighted by molar-refractivity contribution is 9.10. The number of benzene rings is 1. The van der Waals surface area contributed by atoms with E-state index in [4.69, 9.17) is 4.42 Å². The highest BCUT2D eigenvalue weighted by Crippen LogP contribution is 2.39. The van der Waals surface area contributed by atoms with Gasteiger partial charge in [-0.25, -0.2) is 0 Å². The van der Waals surface area contributed by atoms with Gasteiger partial charge in [0, 0.05) is 6.54 Å². The van der Waals surface area contributed by atoms with Crippen molar-refractivity contribution in [3.8, 4) is 6.07 Å². The monoisotopic (exact) mass is 344 g/mol. The summed E-state index contributed by atoms with van der Waals surface area (Å²) < 4.78 is 5.85. The number of hydrogen-bond acceptors (Lipinski definition) is 3. The van der Waals surface area contributed by atoms with Gasteiger partial charge in [-0.15, -0.1) is 0 Å². The van der Waals surface area contributed by atoms with Crippen LogP contribution in [0.1, 0.15) is 29.0 Å². The second kappa shape index (κ2) is 5.38. The molecule has 2 heterocycles. The summed E-state index contributed by atoms with van der Waals surface area (Å²) in [7, 11) is 0. The molecule has 3 rings (SSSR count). The summed E-state index contributed by atoms with van der Waals surface area (Å²) in [6, 6.07) is 15.1. The second-order valence-corrected chi connectivity index (χ2v) is 5.78. The Morgan fingerprint density at radius 2 is 2.05 bits per heavy atom. The minimum Gasteiger partial charge on any atom is -0.444 e. The summed E-state index contributed by atoms with van der Waals surface area (Å²) in [5.74, 6) is 0.00272. The number of hydrogen-bond donors (Lipinski definition) is 0. The zero-order chi connectivity index (χ0) is 14.9. The molecule has 0 N–H and O–H groups in total. The summed E-state index contributed by atoms with van der Waals surface area (Å²) >= 11 is 3.20. The number of rotatable bonds is 2. The first-order chi connectivity index (χ1) is 10.2. The van der Waals surface area contributed by atoms with Crippen LogP contribution < -0.4 is 0 Å². The number of nitrogens with zero attached hydrogens (tertiary/aromatic N) is 2. The number of halogens is 1. The number of amides is 1. The predicted molar refractivity (Wildman–Crippen MR) is 80.4 cm³/mol. The lowest BCUT2D eigenvalue weighted by atomic mass is 9.88. The van der Waals surface area contributed by atoms with Gasteiger partial charge < -0.3 is 9.32 Å². The summed E-state index contributed by atoms with van der Waals surface area (Å²) in [6.07, 6.45) is 1.44. The van der Waals surface area contributed by atoms with Gasteiger partial charge in [-0.1, -0.05) is 30.3 Å². The molecule has 1 fully saturated rings. The number of carbonyl (C=O) groups excluding carboxylic acids is 1. The predicted octanol–water partition coefficient (Wildman–Crippen LogP) is 3.70. The van der Waals surface area contributed by atoms with Gasteiger partial charge in [-0.2, -0.15) is 5.26 Å². The normalized spacial score (nSPS) is 21.2. The molecule has 1 aromatic heterocycles. The van der Waals surface area contributed by atoms with Gasteiger partial charge in [0.05, 0.1) is 6.07 Å². The van der Waals surface area contributed by atoms with Gasteiger partial charge in [-0.05, 0) is 46.5 Å². The van der Waals surface area contributed by atoms with Crippen LogP contribution in [0.5, 0.6) is 0 Å². The van der Waals surface area contributed by atoms with Gasteiger partial charge in [0.2, 0.25) is 0 Å². The Kier molecular flexibility index (Phi) is 3.56. The van der Waals surface area contributed by atoms with Gasteiger partial charge in [-0.3, -0.25) is 4.79 Å². The molecule has 0 spiro atoms. The van der Waals surface area contributed by atoms with E-state index >= 15 is 0 Å². The molecule has 1 amide bonds. The summed E-state index contributed by atoms with van der Waals surface area (Å²) in [6.45, 7) is 0.555. The van der Waals surface area contributed by atoms with Crippen LogP contribution in [-0.4, -0.2) is 17.4 Å². The van der Waals surface area contributed by atoms with Crippen molar-refractivity contribution in [3.63, 3.8) is 0 Å². The van der Waals surface area contributed by atoms with E-state index in [9.17, 15) is 10.1 Å². The molecule has 0 saturated carbocycles. The van der Waals surface area contributed by atoms with Crippen molar-refractivity contribution in [1.82, 2.24) is 4.90 Å². The quantitative estimate of drug-likeness (QED) is 0.834. The molecule has 1 aliphatic heterocycles. The number of carbonyl (C=O) groups is 1. The number of furan rings is 1. The Labute approximate surface area is 131 Å². The molecule has 1 saturated heterocycles. The molecule has 4 nitrogen and oxygen atoms in total. The molecule has 1 atom stereocenters. The third kappa shape index (κ3) is 2.26. The van der Waals surface area contributed by atoms with Crippen LogP contribution in [0.2, 0.25) is 0 Å². The molecule has 21 heavy (non-hydrogen) atoms. The van der Waals surface area contributed by atoms with Crippen LogP contribution in [0.25, 0.3) is 0 Å². The Morgan fingerprint density at radius 3 is 2.67 bits per heavy atom. The first kappa shape index (κ1) is 13.9. The summed E-state index contributed by atoms with van der Waals surface area (Å²) in [5.41, 5.74) is -0.0542. The molecule has 1 aromatic carbocycles. The average Bonchev–Trinajstić information content (AvgIpc) is 3.14. The lowest BCUT2D eigenvalue weighted by molar-refractivity contribution is 0.0635. The molecule has 0 aliphatic carbocycles. The van der Waals surface area contributed by atoms with Crippen molar-refractivity contribution in [2.45, 2.75) is 18.4 Å². The highest BCUT2D eigenvalue weighted by Gasteiger charge is 2.46. The number of likely N-dealkylation sites (tertiary alicyclic amines) is 1. The van der Waals surface area contributed by atoms with E-state index in [0.29, 0.717) is 17.6 Å². The van der Waals surface area contributed by atoms with Crippen molar-refractivity contribution in [2.75, 3.05) is 6.54 Å². The van der Waals surface area contributed by atoms with Gasteiger partial charge >= 0.3 is 0 Å². The molecule has 106 valence electrons. The fourth-order valence-corrected chi connectivity index (χ4v) is 3.16. The summed E-state index contributed by atoms with van der Waals surface area (Å²) in [4.78, 5) is 14.3. The minimum absolute atomic E-state index is 0.247. The maximum absolute atomic E-state index is 12.7. The zero-order valence-electron chi connectivity index (χ0n) is 11.3. The Balaban J connectivity index is 2.02. The molecule has 5 heteroatoms. The fourth-order valence-electron chi connectivity index (χ4n) is 2.85. The van der Waals surface area contributed by atoms with Crippen LogP contribution in [0.4, 0.5) is 0 Å². The highest BCUT2D eigenvalue weighted by atomic mass is 79.9. The first-order valence-corrected chi connectivity index (χ1v) is 7.51. The topological polar surface area (TPSA) is 57.2 Å².